The zero-order chi connectivity index (χ0) is 13.0. The SMILES string of the molecule is CN1CCC[C@H](OC(=O)[C@H](O)c2ccccc2)C1. The molecule has 0 aromatic heterocycles. The third-order valence-corrected chi connectivity index (χ3v) is 3.20. The molecule has 0 bridgehead atoms. The Morgan fingerprint density at radius 2 is 2.17 bits per heavy atom. The molecule has 2 rings (SSSR count). The molecular weight excluding hydrogens is 230 g/mol. The average molecular weight is 249 g/mol. The molecule has 0 amide bonds. The summed E-state index contributed by atoms with van der Waals surface area (Å²) in [7, 11) is 2.01. The minimum Gasteiger partial charge on any atom is -0.459 e. The number of rotatable bonds is 3. The lowest BCUT2D eigenvalue weighted by atomic mass is 10.1. The summed E-state index contributed by atoms with van der Waals surface area (Å²) in [5.74, 6) is -0.554. The molecule has 1 saturated heterocycles. The van der Waals surface area contributed by atoms with Crippen LogP contribution in [0.3, 0.4) is 0 Å². The maximum Gasteiger partial charge on any atom is 0.339 e. The standard InChI is InChI=1S/C14H19NO3/c1-15-9-5-8-12(10-15)18-14(17)13(16)11-6-3-2-4-7-11/h2-4,6-7,12-13,16H,5,8-10H2,1H3/t12-,13+/m0/s1. The Balaban J connectivity index is 1.91. The van der Waals surface area contributed by atoms with Gasteiger partial charge in [0.2, 0.25) is 0 Å². The number of hydrogen-bond acceptors (Lipinski definition) is 4. The number of benzene rings is 1. The van der Waals surface area contributed by atoms with Crippen molar-refractivity contribution in [1.29, 1.82) is 0 Å². The van der Waals surface area contributed by atoms with Gasteiger partial charge in [-0.25, -0.2) is 4.79 Å². The molecule has 1 N–H and O–H groups in total. The van der Waals surface area contributed by atoms with Gasteiger partial charge in [-0.05, 0) is 32.0 Å². The van der Waals surface area contributed by atoms with Gasteiger partial charge >= 0.3 is 5.97 Å². The molecule has 1 aliphatic heterocycles. The van der Waals surface area contributed by atoms with E-state index < -0.39 is 12.1 Å². The van der Waals surface area contributed by atoms with Gasteiger partial charge in [0.25, 0.3) is 0 Å². The minimum atomic E-state index is -1.18. The topological polar surface area (TPSA) is 49.8 Å². The van der Waals surface area contributed by atoms with Gasteiger partial charge in [0.1, 0.15) is 6.10 Å². The summed E-state index contributed by atoms with van der Waals surface area (Å²) in [6.45, 7) is 1.78. The molecule has 0 unspecified atom stereocenters. The summed E-state index contributed by atoms with van der Waals surface area (Å²) >= 11 is 0. The number of aliphatic hydroxyl groups is 1. The fraction of sp³-hybridized carbons (Fsp3) is 0.500. The highest BCUT2D eigenvalue weighted by Crippen LogP contribution is 2.18. The first-order chi connectivity index (χ1) is 8.66. The van der Waals surface area contributed by atoms with Crippen LogP contribution in [0.15, 0.2) is 30.3 Å². The Morgan fingerprint density at radius 1 is 1.44 bits per heavy atom. The number of likely N-dealkylation sites (tertiary alicyclic amines) is 1. The number of esters is 1. The molecule has 2 atom stereocenters. The summed E-state index contributed by atoms with van der Waals surface area (Å²) in [5.41, 5.74) is 0.576. The Morgan fingerprint density at radius 3 is 2.83 bits per heavy atom. The molecule has 1 heterocycles. The molecule has 1 fully saturated rings. The summed E-state index contributed by atoms with van der Waals surface area (Å²) < 4.78 is 5.35. The largest absolute Gasteiger partial charge is 0.459 e. The molecule has 0 saturated carbocycles. The van der Waals surface area contributed by atoms with Crippen LogP contribution in [-0.4, -0.2) is 42.2 Å². The van der Waals surface area contributed by atoms with Crippen molar-refractivity contribution in [3.8, 4) is 0 Å². The quantitative estimate of drug-likeness (QED) is 0.822. The van der Waals surface area contributed by atoms with Crippen LogP contribution in [0.5, 0.6) is 0 Å². The number of aliphatic hydroxyl groups excluding tert-OH is 1. The van der Waals surface area contributed by atoms with E-state index in [9.17, 15) is 9.90 Å². The third kappa shape index (κ3) is 3.31. The Bertz CT molecular complexity index is 393. The van der Waals surface area contributed by atoms with Crippen LogP contribution in [-0.2, 0) is 9.53 Å². The van der Waals surface area contributed by atoms with Crippen LogP contribution in [0.4, 0.5) is 0 Å². The van der Waals surface area contributed by atoms with E-state index in [2.05, 4.69) is 4.90 Å². The number of ether oxygens (including phenoxy) is 1. The first kappa shape index (κ1) is 13.1. The lowest BCUT2D eigenvalue weighted by Gasteiger charge is -2.29. The number of likely N-dealkylation sites (N-methyl/N-ethyl adjacent to an activating group) is 1. The Labute approximate surface area is 107 Å². The van der Waals surface area contributed by atoms with Gasteiger partial charge in [-0.3, -0.25) is 0 Å². The van der Waals surface area contributed by atoms with Crippen molar-refractivity contribution in [3.05, 3.63) is 35.9 Å². The van der Waals surface area contributed by atoms with E-state index in [1.807, 2.05) is 13.1 Å². The molecule has 4 heteroatoms. The van der Waals surface area contributed by atoms with Gasteiger partial charge < -0.3 is 14.7 Å². The van der Waals surface area contributed by atoms with Crippen molar-refractivity contribution >= 4 is 5.97 Å². The molecule has 0 aliphatic carbocycles. The van der Waals surface area contributed by atoms with E-state index in [1.165, 1.54) is 0 Å². The van der Waals surface area contributed by atoms with Crippen LogP contribution < -0.4 is 0 Å². The van der Waals surface area contributed by atoms with Gasteiger partial charge in [-0.1, -0.05) is 30.3 Å². The van der Waals surface area contributed by atoms with Crippen LogP contribution >= 0.6 is 0 Å². The molecule has 1 aromatic rings. The summed E-state index contributed by atoms with van der Waals surface area (Å²) in [6.07, 6.45) is 0.612. The second-order valence-corrected chi connectivity index (χ2v) is 4.78. The first-order valence-electron chi connectivity index (χ1n) is 6.29. The van der Waals surface area contributed by atoms with Gasteiger partial charge in [0, 0.05) is 6.54 Å². The van der Waals surface area contributed by atoms with Gasteiger partial charge in [-0.2, -0.15) is 0 Å². The van der Waals surface area contributed by atoms with E-state index in [0.717, 1.165) is 25.9 Å². The van der Waals surface area contributed by atoms with Gasteiger partial charge in [0.15, 0.2) is 6.10 Å². The molecule has 98 valence electrons. The highest BCUT2D eigenvalue weighted by molar-refractivity contribution is 5.76. The molecule has 1 aromatic carbocycles. The van der Waals surface area contributed by atoms with Gasteiger partial charge in [-0.15, -0.1) is 0 Å². The number of carbonyl (C=O) groups excluding carboxylic acids is 1. The van der Waals surface area contributed by atoms with E-state index in [0.29, 0.717) is 5.56 Å². The fourth-order valence-electron chi connectivity index (χ4n) is 2.22. The van der Waals surface area contributed by atoms with Crippen molar-refractivity contribution < 1.29 is 14.6 Å². The van der Waals surface area contributed by atoms with Crippen LogP contribution in [0.2, 0.25) is 0 Å². The molecule has 4 nitrogen and oxygen atoms in total. The van der Waals surface area contributed by atoms with E-state index in [4.69, 9.17) is 4.74 Å². The number of carbonyl (C=O) groups is 1. The number of piperidine rings is 1. The van der Waals surface area contributed by atoms with Crippen molar-refractivity contribution in [2.45, 2.75) is 25.0 Å². The molecule has 0 spiro atoms. The predicted molar refractivity (Wildman–Crippen MR) is 68.0 cm³/mol. The summed E-state index contributed by atoms with van der Waals surface area (Å²) in [5, 5.41) is 9.90. The van der Waals surface area contributed by atoms with Crippen molar-refractivity contribution in [1.82, 2.24) is 4.90 Å². The lowest BCUT2D eigenvalue weighted by molar-refractivity contribution is -0.161. The Kier molecular flexibility index (Phi) is 4.33. The smallest absolute Gasteiger partial charge is 0.339 e. The first-order valence-corrected chi connectivity index (χ1v) is 6.29. The molecular formula is C14H19NO3. The second kappa shape index (κ2) is 5.98. The normalized spacial score (nSPS) is 22.4. The predicted octanol–water partition coefficient (Wildman–Crippen LogP) is 1.36. The van der Waals surface area contributed by atoms with Crippen LogP contribution in [0.25, 0.3) is 0 Å². The average Bonchev–Trinajstić information content (AvgIpc) is 2.39. The molecule has 18 heavy (non-hydrogen) atoms. The zero-order valence-electron chi connectivity index (χ0n) is 10.6. The number of nitrogens with zero attached hydrogens (tertiary/aromatic N) is 1. The van der Waals surface area contributed by atoms with E-state index in [-0.39, 0.29) is 6.10 Å². The minimum absolute atomic E-state index is 0.102. The third-order valence-electron chi connectivity index (χ3n) is 3.20. The van der Waals surface area contributed by atoms with E-state index >= 15 is 0 Å². The summed E-state index contributed by atoms with van der Waals surface area (Å²) in [4.78, 5) is 14.0. The Hall–Kier alpha value is -1.39. The van der Waals surface area contributed by atoms with Crippen molar-refractivity contribution in [2.24, 2.45) is 0 Å². The maximum atomic E-state index is 11.8. The lowest BCUT2D eigenvalue weighted by Crippen LogP contribution is -2.38. The molecule has 1 aliphatic rings. The van der Waals surface area contributed by atoms with Crippen molar-refractivity contribution in [3.63, 3.8) is 0 Å². The van der Waals surface area contributed by atoms with Crippen LogP contribution in [0.1, 0.15) is 24.5 Å². The van der Waals surface area contributed by atoms with E-state index in [1.54, 1.807) is 24.3 Å². The second-order valence-electron chi connectivity index (χ2n) is 4.78. The highest BCUT2D eigenvalue weighted by atomic mass is 16.6. The van der Waals surface area contributed by atoms with Crippen molar-refractivity contribution in [2.75, 3.05) is 20.1 Å². The van der Waals surface area contributed by atoms with Crippen LogP contribution in [0, 0.1) is 0 Å². The molecule has 0 radical (unpaired) electrons. The monoisotopic (exact) mass is 249 g/mol. The zero-order valence-corrected chi connectivity index (χ0v) is 10.6. The maximum absolute atomic E-state index is 11.8. The number of hydrogen-bond donors (Lipinski definition) is 1. The van der Waals surface area contributed by atoms with Gasteiger partial charge in [0.05, 0.1) is 0 Å². The highest BCUT2D eigenvalue weighted by Gasteiger charge is 2.25. The summed E-state index contributed by atoms with van der Waals surface area (Å²) in [6, 6.07) is 8.87. The fourth-order valence-corrected chi connectivity index (χ4v) is 2.22.